The summed E-state index contributed by atoms with van der Waals surface area (Å²) in [6.07, 6.45) is 1.94. The number of rotatable bonds is 5. The number of benzene rings is 2. The van der Waals surface area contributed by atoms with Crippen molar-refractivity contribution in [3.05, 3.63) is 87.8 Å². The van der Waals surface area contributed by atoms with E-state index in [0.717, 1.165) is 43.1 Å². The number of halogens is 1. The van der Waals surface area contributed by atoms with Gasteiger partial charge in [-0.25, -0.2) is 14.4 Å². The van der Waals surface area contributed by atoms with Crippen LogP contribution in [0, 0.1) is 19.7 Å². The highest BCUT2D eigenvalue weighted by molar-refractivity contribution is 7.17. The summed E-state index contributed by atoms with van der Waals surface area (Å²) < 4.78 is 15.2. The van der Waals surface area contributed by atoms with Gasteiger partial charge in [-0.3, -0.25) is 9.20 Å². The Morgan fingerprint density at radius 2 is 1.75 bits per heavy atom. The molecule has 1 amide bonds. The fraction of sp³-hybridized carbons (Fsp3) is 0.125. The first kappa shape index (κ1) is 20.5. The molecule has 32 heavy (non-hydrogen) atoms. The molecule has 8 heteroatoms. The lowest BCUT2D eigenvalue weighted by Gasteiger charge is -2.03. The number of carbonyl (C=O) groups excluding carboxylic acids is 1. The molecule has 3 aromatic heterocycles. The van der Waals surface area contributed by atoms with Crippen LogP contribution in [0.2, 0.25) is 0 Å². The van der Waals surface area contributed by atoms with Crippen molar-refractivity contribution < 1.29 is 9.18 Å². The standard InChI is InChI=1S/C24H19FN4OS2/c1-14-21(32-23(27-14)17-6-4-3-5-7-17)22(30)26-12-20-15(2)29-13-19(28-24(29)31-20)16-8-10-18(25)11-9-16/h3-11,13H,12H2,1-2H3,(H,26,30). The molecule has 0 spiro atoms. The number of imidazole rings is 1. The highest BCUT2D eigenvalue weighted by Gasteiger charge is 2.18. The highest BCUT2D eigenvalue weighted by Crippen LogP contribution is 2.29. The van der Waals surface area contributed by atoms with Crippen LogP contribution in [-0.4, -0.2) is 20.3 Å². The molecule has 0 saturated carbocycles. The third-order valence-corrected chi connectivity index (χ3v) is 7.59. The number of aryl methyl sites for hydroxylation is 2. The zero-order valence-corrected chi connectivity index (χ0v) is 19.1. The minimum atomic E-state index is -0.268. The number of thiazole rings is 2. The Balaban J connectivity index is 1.32. The molecule has 3 heterocycles. The molecule has 2 aromatic carbocycles. The molecule has 0 fully saturated rings. The Labute approximate surface area is 192 Å². The molecule has 0 unspecified atom stereocenters. The first-order valence-corrected chi connectivity index (χ1v) is 11.7. The predicted octanol–water partition coefficient (Wildman–Crippen LogP) is 5.87. The molecule has 0 aliphatic heterocycles. The second-order valence-electron chi connectivity index (χ2n) is 7.38. The van der Waals surface area contributed by atoms with Gasteiger partial charge in [0.2, 0.25) is 0 Å². The third-order valence-electron chi connectivity index (χ3n) is 5.23. The fourth-order valence-electron chi connectivity index (χ4n) is 3.47. The van der Waals surface area contributed by atoms with Crippen molar-refractivity contribution in [1.82, 2.24) is 19.7 Å². The van der Waals surface area contributed by atoms with E-state index in [-0.39, 0.29) is 11.7 Å². The molecule has 1 N–H and O–H groups in total. The molecule has 0 radical (unpaired) electrons. The van der Waals surface area contributed by atoms with E-state index in [0.29, 0.717) is 11.4 Å². The van der Waals surface area contributed by atoms with Crippen LogP contribution in [0.3, 0.4) is 0 Å². The Kier molecular flexibility index (Phi) is 5.32. The van der Waals surface area contributed by atoms with Crippen LogP contribution in [-0.2, 0) is 6.54 Å². The Bertz CT molecular complexity index is 1420. The average molecular weight is 463 g/mol. The zero-order valence-electron chi connectivity index (χ0n) is 17.4. The van der Waals surface area contributed by atoms with Crippen LogP contribution in [0.4, 0.5) is 4.39 Å². The molecule has 160 valence electrons. The lowest BCUT2D eigenvalue weighted by atomic mass is 10.2. The summed E-state index contributed by atoms with van der Waals surface area (Å²) in [5, 5.41) is 3.86. The van der Waals surface area contributed by atoms with Crippen molar-refractivity contribution in [1.29, 1.82) is 0 Å². The van der Waals surface area contributed by atoms with Crippen LogP contribution in [0.1, 0.15) is 25.9 Å². The number of aromatic nitrogens is 3. The lowest BCUT2D eigenvalue weighted by Crippen LogP contribution is -2.22. The van der Waals surface area contributed by atoms with E-state index in [2.05, 4.69) is 15.3 Å². The number of fused-ring (bicyclic) bond motifs is 1. The van der Waals surface area contributed by atoms with E-state index >= 15 is 0 Å². The second-order valence-corrected chi connectivity index (χ2v) is 9.44. The van der Waals surface area contributed by atoms with Crippen LogP contribution in [0.25, 0.3) is 26.8 Å². The van der Waals surface area contributed by atoms with E-state index < -0.39 is 0 Å². The number of carbonyl (C=O) groups is 1. The van der Waals surface area contributed by atoms with Gasteiger partial charge in [-0.15, -0.1) is 11.3 Å². The van der Waals surface area contributed by atoms with Crippen molar-refractivity contribution in [2.45, 2.75) is 20.4 Å². The van der Waals surface area contributed by atoms with Gasteiger partial charge in [0.25, 0.3) is 5.91 Å². The van der Waals surface area contributed by atoms with Crippen LogP contribution in [0.5, 0.6) is 0 Å². The summed E-state index contributed by atoms with van der Waals surface area (Å²) in [5.74, 6) is -0.393. The number of hydrogen-bond acceptors (Lipinski definition) is 5. The normalized spacial score (nSPS) is 11.2. The maximum absolute atomic E-state index is 13.2. The monoisotopic (exact) mass is 462 g/mol. The molecule has 0 bridgehead atoms. The Hall–Kier alpha value is -3.36. The average Bonchev–Trinajstić information content (AvgIpc) is 3.48. The topological polar surface area (TPSA) is 59.3 Å². The summed E-state index contributed by atoms with van der Waals surface area (Å²) in [4.78, 5) is 24.6. The quantitative estimate of drug-likeness (QED) is 0.355. The van der Waals surface area contributed by atoms with Gasteiger partial charge < -0.3 is 5.32 Å². The first-order valence-electron chi connectivity index (χ1n) is 10.0. The lowest BCUT2D eigenvalue weighted by molar-refractivity contribution is 0.0954. The molecule has 5 nitrogen and oxygen atoms in total. The van der Waals surface area contributed by atoms with Gasteiger partial charge in [0.05, 0.1) is 17.9 Å². The van der Waals surface area contributed by atoms with Gasteiger partial charge in [-0.1, -0.05) is 41.7 Å². The van der Waals surface area contributed by atoms with Crippen molar-refractivity contribution in [2.75, 3.05) is 0 Å². The molecule has 0 saturated heterocycles. The van der Waals surface area contributed by atoms with Gasteiger partial charge in [0.15, 0.2) is 4.96 Å². The largest absolute Gasteiger partial charge is 0.346 e. The van der Waals surface area contributed by atoms with Crippen LogP contribution < -0.4 is 5.32 Å². The summed E-state index contributed by atoms with van der Waals surface area (Å²) in [6.45, 7) is 4.29. The predicted molar refractivity (Wildman–Crippen MR) is 127 cm³/mol. The summed E-state index contributed by atoms with van der Waals surface area (Å²) in [6, 6.07) is 16.2. The molecule has 5 rings (SSSR count). The SMILES string of the molecule is Cc1nc(-c2ccccc2)sc1C(=O)NCc1sc2nc(-c3ccc(F)cc3)cn2c1C. The molecular weight excluding hydrogens is 443 g/mol. The third kappa shape index (κ3) is 3.83. The first-order chi connectivity index (χ1) is 15.5. The Morgan fingerprint density at radius 3 is 2.47 bits per heavy atom. The number of hydrogen-bond donors (Lipinski definition) is 1. The summed E-state index contributed by atoms with van der Waals surface area (Å²) in [7, 11) is 0. The van der Waals surface area contributed by atoms with E-state index in [9.17, 15) is 9.18 Å². The smallest absolute Gasteiger partial charge is 0.263 e. The van der Waals surface area contributed by atoms with Crippen LogP contribution >= 0.6 is 22.7 Å². The number of nitrogens with one attached hydrogen (secondary N) is 1. The molecule has 0 aliphatic rings. The van der Waals surface area contributed by atoms with E-state index in [1.165, 1.54) is 34.8 Å². The second kappa shape index (κ2) is 8.29. The molecule has 5 aromatic rings. The van der Waals surface area contributed by atoms with E-state index in [4.69, 9.17) is 0 Å². The highest BCUT2D eigenvalue weighted by atomic mass is 32.1. The number of amides is 1. The fourth-order valence-corrected chi connectivity index (χ4v) is 5.50. The van der Waals surface area contributed by atoms with Crippen molar-refractivity contribution in [3.63, 3.8) is 0 Å². The summed E-state index contributed by atoms with van der Waals surface area (Å²) in [5.41, 5.74) is 4.42. The van der Waals surface area contributed by atoms with Gasteiger partial charge in [0.1, 0.15) is 15.7 Å². The van der Waals surface area contributed by atoms with Gasteiger partial charge >= 0.3 is 0 Å². The molecular formula is C24H19FN4OS2. The van der Waals surface area contributed by atoms with Gasteiger partial charge in [-0.05, 0) is 38.1 Å². The van der Waals surface area contributed by atoms with E-state index in [1.54, 1.807) is 12.1 Å². The molecule has 0 aliphatic carbocycles. The zero-order chi connectivity index (χ0) is 22.2. The Morgan fingerprint density at radius 1 is 1.00 bits per heavy atom. The van der Waals surface area contributed by atoms with Crippen molar-refractivity contribution >= 4 is 33.5 Å². The van der Waals surface area contributed by atoms with Gasteiger partial charge in [0, 0.05) is 27.9 Å². The van der Waals surface area contributed by atoms with Crippen molar-refractivity contribution in [3.8, 4) is 21.8 Å². The molecule has 0 atom stereocenters. The van der Waals surface area contributed by atoms with Gasteiger partial charge in [-0.2, -0.15) is 0 Å². The summed E-state index contributed by atoms with van der Waals surface area (Å²) >= 11 is 2.94. The minimum Gasteiger partial charge on any atom is -0.346 e. The van der Waals surface area contributed by atoms with Crippen LogP contribution in [0.15, 0.2) is 60.8 Å². The number of nitrogens with zero attached hydrogens (tertiary/aromatic N) is 3. The minimum absolute atomic E-state index is 0.125. The maximum Gasteiger partial charge on any atom is 0.263 e. The van der Waals surface area contributed by atoms with E-state index in [1.807, 2.05) is 54.8 Å². The van der Waals surface area contributed by atoms with Crippen molar-refractivity contribution in [2.24, 2.45) is 0 Å². The maximum atomic E-state index is 13.2.